The molecular formula is C31H22BrN5. The van der Waals surface area contributed by atoms with Crippen LogP contribution in [0.5, 0.6) is 0 Å². The number of fused-ring (bicyclic) bond motifs is 1. The maximum absolute atomic E-state index is 4.86. The molecule has 5 nitrogen and oxygen atoms in total. The second-order valence-corrected chi connectivity index (χ2v) is 9.45. The minimum absolute atomic E-state index is 0.668. The molecule has 0 aliphatic heterocycles. The Balaban J connectivity index is 1.37. The van der Waals surface area contributed by atoms with E-state index in [0.717, 1.165) is 49.0 Å². The van der Waals surface area contributed by atoms with Gasteiger partial charge in [0.1, 0.15) is 11.5 Å². The molecule has 1 N–H and O–H groups in total. The van der Waals surface area contributed by atoms with Crippen molar-refractivity contribution in [3.8, 4) is 28.1 Å². The van der Waals surface area contributed by atoms with E-state index in [2.05, 4.69) is 56.8 Å². The summed E-state index contributed by atoms with van der Waals surface area (Å²) in [6.45, 7) is 0. The zero-order valence-corrected chi connectivity index (χ0v) is 21.4. The van der Waals surface area contributed by atoms with Gasteiger partial charge in [-0.05, 0) is 47.5 Å². The molecule has 0 saturated carbocycles. The third-order valence-electron chi connectivity index (χ3n) is 6.05. The summed E-state index contributed by atoms with van der Waals surface area (Å²) in [4.78, 5) is 4.80. The molecule has 4 aromatic carbocycles. The van der Waals surface area contributed by atoms with Crippen LogP contribution in [0.1, 0.15) is 5.56 Å². The van der Waals surface area contributed by atoms with Gasteiger partial charge in [0.05, 0.1) is 17.4 Å². The van der Waals surface area contributed by atoms with Gasteiger partial charge in [-0.15, -0.1) is 0 Å². The average Bonchev–Trinajstić information content (AvgIpc) is 3.38. The van der Waals surface area contributed by atoms with Crippen LogP contribution >= 0.6 is 15.9 Å². The number of anilines is 1. The summed E-state index contributed by atoms with van der Waals surface area (Å²) < 4.78 is 2.89. The van der Waals surface area contributed by atoms with Crippen molar-refractivity contribution in [2.24, 2.45) is 5.10 Å². The molecule has 6 heteroatoms. The first-order chi connectivity index (χ1) is 18.2. The number of benzene rings is 4. The lowest BCUT2D eigenvalue weighted by Crippen LogP contribution is -1.96. The first kappa shape index (κ1) is 22.9. The highest BCUT2D eigenvalue weighted by molar-refractivity contribution is 9.10. The van der Waals surface area contributed by atoms with Gasteiger partial charge in [-0.1, -0.05) is 94.8 Å². The van der Waals surface area contributed by atoms with Gasteiger partial charge >= 0.3 is 0 Å². The number of aromatic nitrogens is 3. The molecule has 0 saturated heterocycles. The van der Waals surface area contributed by atoms with Crippen LogP contribution in [0.25, 0.3) is 39.0 Å². The van der Waals surface area contributed by atoms with Crippen molar-refractivity contribution < 1.29 is 0 Å². The Bertz CT molecular complexity index is 1690. The molecule has 37 heavy (non-hydrogen) atoms. The van der Waals surface area contributed by atoms with Crippen LogP contribution < -0.4 is 5.43 Å². The number of pyridine rings is 1. The van der Waals surface area contributed by atoms with Crippen LogP contribution in [-0.4, -0.2) is 21.0 Å². The smallest absolute Gasteiger partial charge is 0.147 e. The summed E-state index contributed by atoms with van der Waals surface area (Å²) in [5, 5.41) is 10.5. The van der Waals surface area contributed by atoms with Gasteiger partial charge in [-0.25, -0.2) is 9.67 Å². The topological polar surface area (TPSA) is 55.1 Å². The Morgan fingerprint density at radius 2 is 1.43 bits per heavy atom. The fraction of sp³-hybridized carbons (Fsp3) is 0. The second kappa shape index (κ2) is 10.2. The lowest BCUT2D eigenvalue weighted by Gasteiger charge is -2.10. The molecule has 0 bridgehead atoms. The average molecular weight is 544 g/mol. The van der Waals surface area contributed by atoms with Gasteiger partial charge < -0.3 is 0 Å². The van der Waals surface area contributed by atoms with Crippen molar-refractivity contribution in [2.45, 2.75) is 0 Å². The predicted octanol–water partition coefficient (Wildman–Crippen LogP) is 7.96. The summed E-state index contributed by atoms with van der Waals surface area (Å²) >= 11 is 3.60. The molecule has 0 spiro atoms. The normalized spacial score (nSPS) is 11.3. The molecule has 0 atom stereocenters. The Morgan fingerprint density at radius 3 is 2.16 bits per heavy atom. The van der Waals surface area contributed by atoms with Crippen molar-refractivity contribution in [1.29, 1.82) is 0 Å². The van der Waals surface area contributed by atoms with E-state index in [1.807, 2.05) is 95.8 Å². The molecule has 6 rings (SSSR count). The van der Waals surface area contributed by atoms with Crippen LogP contribution in [-0.2, 0) is 0 Å². The highest BCUT2D eigenvalue weighted by Gasteiger charge is 2.12. The van der Waals surface area contributed by atoms with Crippen LogP contribution in [0.2, 0.25) is 0 Å². The van der Waals surface area contributed by atoms with Crippen molar-refractivity contribution in [3.63, 3.8) is 0 Å². The first-order valence-electron chi connectivity index (χ1n) is 11.9. The van der Waals surface area contributed by atoms with Crippen molar-refractivity contribution >= 4 is 38.9 Å². The molecular weight excluding hydrogens is 522 g/mol. The van der Waals surface area contributed by atoms with E-state index < -0.39 is 0 Å². The van der Waals surface area contributed by atoms with E-state index in [-0.39, 0.29) is 0 Å². The number of hydrogen-bond acceptors (Lipinski definition) is 4. The van der Waals surface area contributed by atoms with Crippen LogP contribution in [0.15, 0.2) is 131 Å². The van der Waals surface area contributed by atoms with Gasteiger partial charge in [0, 0.05) is 27.2 Å². The zero-order chi connectivity index (χ0) is 25.0. The van der Waals surface area contributed by atoms with Crippen LogP contribution in [0, 0.1) is 0 Å². The van der Waals surface area contributed by atoms with E-state index in [1.165, 1.54) is 0 Å². The number of nitrogens with zero attached hydrogens (tertiary/aromatic N) is 4. The zero-order valence-electron chi connectivity index (χ0n) is 19.8. The predicted molar refractivity (Wildman–Crippen MR) is 155 cm³/mol. The van der Waals surface area contributed by atoms with Crippen LogP contribution in [0.4, 0.5) is 5.82 Å². The molecule has 2 aromatic heterocycles. The quantitative estimate of drug-likeness (QED) is 0.171. The van der Waals surface area contributed by atoms with Crippen molar-refractivity contribution in [1.82, 2.24) is 14.8 Å². The van der Waals surface area contributed by atoms with Crippen molar-refractivity contribution in [2.75, 3.05) is 5.43 Å². The van der Waals surface area contributed by atoms with Gasteiger partial charge in [0.25, 0.3) is 0 Å². The number of halogens is 1. The Labute approximate surface area is 223 Å². The van der Waals surface area contributed by atoms with Gasteiger partial charge in [0.2, 0.25) is 0 Å². The van der Waals surface area contributed by atoms with Gasteiger partial charge in [-0.3, -0.25) is 5.43 Å². The summed E-state index contributed by atoms with van der Waals surface area (Å²) in [6, 6.07) is 38.7. The molecule has 0 amide bonds. The summed E-state index contributed by atoms with van der Waals surface area (Å²) in [7, 11) is 0. The highest BCUT2D eigenvalue weighted by atomic mass is 79.9. The number of hydrogen-bond donors (Lipinski definition) is 1. The largest absolute Gasteiger partial charge is 0.261 e. The Kier molecular flexibility index (Phi) is 6.31. The lowest BCUT2D eigenvalue weighted by molar-refractivity contribution is 0.884. The summed E-state index contributed by atoms with van der Waals surface area (Å²) in [5.74, 6) is 0.668. The number of para-hydroxylation sites is 1. The van der Waals surface area contributed by atoms with E-state index >= 15 is 0 Å². The van der Waals surface area contributed by atoms with Gasteiger partial charge in [-0.2, -0.15) is 10.2 Å². The molecule has 0 aliphatic rings. The highest BCUT2D eigenvalue weighted by Crippen LogP contribution is 2.32. The summed E-state index contributed by atoms with van der Waals surface area (Å²) in [6.07, 6.45) is 3.79. The third kappa shape index (κ3) is 4.92. The first-order valence-corrected chi connectivity index (χ1v) is 12.7. The molecule has 0 unspecified atom stereocenters. The fourth-order valence-electron chi connectivity index (χ4n) is 4.29. The molecule has 178 valence electrons. The standard InChI is InChI=1S/C31H22BrN5/c32-25-16-17-29-28(18-25)27(22-10-4-1-5-11-22)19-30(34-29)35-33-20-24-21-37(26-14-8-3-9-15-26)36-31(24)23-12-6-2-7-13-23/h1-21H,(H,34,35)/b33-20+. The minimum atomic E-state index is 0.668. The number of hydrazone groups is 1. The lowest BCUT2D eigenvalue weighted by atomic mass is 10.0. The van der Waals surface area contributed by atoms with E-state index in [9.17, 15) is 0 Å². The molecule has 0 fully saturated rings. The maximum atomic E-state index is 4.86. The molecule has 2 heterocycles. The maximum Gasteiger partial charge on any atom is 0.147 e. The molecule has 0 radical (unpaired) electrons. The Morgan fingerprint density at radius 1 is 0.757 bits per heavy atom. The number of rotatable bonds is 6. The van der Waals surface area contributed by atoms with E-state index in [4.69, 9.17) is 10.1 Å². The van der Waals surface area contributed by atoms with Gasteiger partial charge in [0.15, 0.2) is 0 Å². The monoisotopic (exact) mass is 543 g/mol. The fourth-order valence-corrected chi connectivity index (χ4v) is 4.66. The molecule has 6 aromatic rings. The third-order valence-corrected chi connectivity index (χ3v) is 6.54. The molecule has 0 aliphatic carbocycles. The second-order valence-electron chi connectivity index (χ2n) is 8.53. The number of nitrogens with one attached hydrogen (secondary N) is 1. The summed E-state index contributed by atoms with van der Waals surface area (Å²) in [5.41, 5.74) is 10.0. The SMILES string of the molecule is Brc1ccc2nc(N/N=C/c3cn(-c4ccccc4)nc3-c3ccccc3)cc(-c3ccccc3)c2c1. The Hall–Kier alpha value is -4.55. The van der Waals surface area contributed by atoms with E-state index in [1.54, 1.807) is 6.21 Å². The minimum Gasteiger partial charge on any atom is -0.261 e. The van der Waals surface area contributed by atoms with E-state index in [0.29, 0.717) is 5.82 Å². The van der Waals surface area contributed by atoms with Crippen LogP contribution in [0.3, 0.4) is 0 Å². The van der Waals surface area contributed by atoms with Crippen molar-refractivity contribution in [3.05, 3.63) is 131 Å².